The summed E-state index contributed by atoms with van der Waals surface area (Å²) in [4.78, 5) is 16.2. The molecule has 12 nitrogen and oxygen atoms in total. The van der Waals surface area contributed by atoms with Gasteiger partial charge in [0.25, 0.3) is 4.90 Å². The highest BCUT2D eigenvalue weighted by atomic mass is 32.2. The number of hydrogen-bond acceptors (Lipinski definition) is 8. The van der Waals surface area contributed by atoms with Crippen LogP contribution in [0.3, 0.4) is 0 Å². The molecule has 0 aromatic heterocycles. The van der Waals surface area contributed by atoms with Crippen molar-refractivity contribution in [1.82, 2.24) is 0 Å². The molecular weight excluding hydrogens is 372 g/mol. The molecule has 0 aliphatic heterocycles. The summed E-state index contributed by atoms with van der Waals surface area (Å²) in [5, 5.41) is 21.1. The summed E-state index contributed by atoms with van der Waals surface area (Å²) in [6.45, 7) is 0. The zero-order chi connectivity index (χ0) is 18.4. The zero-order valence-corrected chi connectivity index (χ0v) is 12.8. The van der Waals surface area contributed by atoms with Gasteiger partial charge in [-0.1, -0.05) is 18.2 Å². The molecule has 0 aliphatic carbocycles. The second-order valence-electron chi connectivity index (χ2n) is 4.37. The average Bonchev–Trinajstić information content (AvgIpc) is 2.41. The van der Waals surface area contributed by atoms with Crippen LogP contribution in [0.2, 0.25) is 0 Å². The smallest absolute Gasteiger partial charge is 0.282 e. The van der Waals surface area contributed by atoms with Gasteiger partial charge in [0, 0.05) is 5.39 Å². The van der Waals surface area contributed by atoms with Crippen LogP contribution in [0, 0.1) is 20.2 Å². The first-order valence-corrected chi connectivity index (χ1v) is 8.58. The molecule has 14 heteroatoms. The lowest BCUT2D eigenvalue weighted by Crippen LogP contribution is -2.13. The molecular formula is C10H6N2O10S2. The van der Waals surface area contributed by atoms with E-state index in [2.05, 4.69) is 0 Å². The Morgan fingerprint density at radius 2 is 1.17 bits per heavy atom. The van der Waals surface area contributed by atoms with Crippen LogP contribution in [0.25, 0.3) is 10.8 Å². The predicted octanol–water partition coefficient (Wildman–Crippen LogP) is 1.15. The van der Waals surface area contributed by atoms with Crippen LogP contribution in [0.5, 0.6) is 0 Å². The predicted molar refractivity (Wildman–Crippen MR) is 76.9 cm³/mol. The minimum Gasteiger partial charge on any atom is -0.282 e. The highest BCUT2D eigenvalue weighted by Crippen LogP contribution is 2.44. The van der Waals surface area contributed by atoms with Crippen molar-refractivity contribution >= 4 is 42.4 Å². The SMILES string of the molecule is O=[N+]([O-])c1c(S(=O)(=O)O)c([N+](=O)[O-])c2ccccc2c1S(=O)(=O)O. The molecule has 0 saturated carbocycles. The molecule has 0 bridgehead atoms. The molecule has 2 N–H and O–H groups in total. The van der Waals surface area contributed by atoms with Gasteiger partial charge < -0.3 is 0 Å². The van der Waals surface area contributed by atoms with E-state index in [0.717, 1.165) is 18.2 Å². The van der Waals surface area contributed by atoms with Crippen LogP contribution in [-0.2, 0) is 20.2 Å². The molecule has 2 aromatic carbocycles. The lowest BCUT2D eigenvalue weighted by molar-refractivity contribution is -0.400. The standard InChI is InChI=1S/C10H6N2O10S2/c13-11(14)7-5-3-1-2-4-6(5)9(23(17,18)19)8(12(15)16)10(7)24(20,21)22/h1-4H,(H,17,18,19)(H,20,21,22). The van der Waals surface area contributed by atoms with Crippen LogP contribution in [0.4, 0.5) is 11.4 Å². The van der Waals surface area contributed by atoms with Crippen LogP contribution in [0.1, 0.15) is 0 Å². The van der Waals surface area contributed by atoms with Gasteiger partial charge in [0.1, 0.15) is 0 Å². The molecule has 2 rings (SSSR count). The third-order valence-corrected chi connectivity index (χ3v) is 4.78. The minimum absolute atomic E-state index is 0.631. The molecule has 0 unspecified atom stereocenters. The van der Waals surface area contributed by atoms with Gasteiger partial charge in [-0.15, -0.1) is 0 Å². The first kappa shape index (κ1) is 17.7. The Kier molecular flexibility index (Phi) is 4.01. The Hall–Kier alpha value is -2.68. The average molecular weight is 378 g/mol. The largest absolute Gasteiger partial charge is 0.319 e. The highest BCUT2D eigenvalue weighted by Gasteiger charge is 2.43. The van der Waals surface area contributed by atoms with Gasteiger partial charge in [-0.05, 0) is 6.07 Å². The molecule has 0 atom stereocenters. The fourth-order valence-corrected chi connectivity index (χ4v) is 4.00. The fourth-order valence-electron chi connectivity index (χ4n) is 2.21. The highest BCUT2D eigenvalue weighted by molar-refractivity contribution is 7.87. The maximum atomic E-state index is 11.5. The Morgan fingerprint density at radius 1 is 0.750 bits per heavy atom. The quantitative estimate of drug-likeness (QED) is 0.442. The molecule has 0 spiro atoms. The summed E-state index contributed by atoms with van der Waals surface area (Å²) in [5.74, 6) is 0. The van der Waals surface area contributed by atoms with E-state index in [1.165, 1.54) is 6.07 Å². The number of nitro benzene ring substituents is 2. The van der Waals surface area contributed by atoms with Crippen molar-refractivity contribution < 1.29 is 35.8 Å². The maximum absolute atomic E-state index is 11.5. The van der Waals surface area contributed by atoms with Gasteiger partial charge in [-0.2, -0.15) is 16.8 Å². The molecule has 0 amide bonds. The zero-order valence-electron chi connectivity index (χ0n) is 11.2. The first-order chi connectivity index (χ1) is 10.9. The minimum atomic E-state index is -5.59. The van der Waals surface area contributed by atoms with E-state index in [9.17, 15) is 46.2 Å². The molecule has 0 fully saturated rings. The van der Waals surface area contributed by atoms with Gasteiger partial charge in [-0.25, -0.2) is 0 Å². The number of rotatable bonds is 4. The van der Waals surface area contributed by atoms with Crippen molar-refractivity contribution in [2.75, 3.05) is 0 Å². The van der Waals surface area contributed by atoms with Crippen molar-refractivity contribution in [3.63, 3.8) is 0 Å². The van der Waals surface area contributed by atoms with Gasteiger partial charge in [-0.3, -0.25) is 29.3 Å². The second kappa shape index (κ2) is 5.45. The Balaban J connectivity index is 3.43. The fraction of sp³-hybridized carbons (Fsp3) is 0. The summed E-state index contributed by atoms with van der Waals surface area (Å²) < 4.78 is 64.5. The van der Waals surface area contributed by atoms with Crippen LogP contribution in [-0.4, -0.2) is 35.8 Å². The number of nitro groups is 2. The van der Waals surface area contributed by atoms with Crippen LogP contribution in [0.15, 0.2) is 34.1 Å². The summed E-state index contributed by atoms with van der Waals surface area (Å²) in [5.41, 5.74) is -3.20. The maximum Gasteiger partial charge on any atom is 0.319 e. The summed E-state index contributed by atoms with van der Waals surface area (Å²) in [7, 11) is -11.0. The summed E-state index contributed by atoms with van der Waals surface area (Å²) in [6.07, 6.45) is 0. The summed E-state index contributed by atoms with van der Waals surface area (Å²) >= 11 is 0. The molecule has 0 heterocycles. The number of fused-ring (bicyclic) bond motifs is 1. The topological polar surface area (TPSA) is 195 Å². The van der Waals surface area contributed by atoms with E-state index in [1.54, 1.807) is 0 Å². The van der Waals surface area contributed by atoms with E-state index < -0.39 is 62.0 Å². The van der Waals surface area contributed by atoms with E-state index in [-0.39, 0.29) is 0 Å². The van der Waals surface area contributed by atoms with Gasteiger partial charge in [0.2, 0.25) is 0 Å². The summed E-state index contributed by atoms with van der Waals surface area (Å²) in [6, 6.07) is 4.16. The van der Waals surface area contributed by atoms with E-state index >= 15 is 0 Å². The van der Waals surface area contributed by atoms with Crippen molar-refractivity contribution in [3.8, 4) is 0 Å². The van der Waals surface area contributed by atoms with Crippen molar-refractivity contribution in [2.45, 2.75) is 9.79 Å². The lowest BCUT2D eigenvalue weighted by Gasteiger charge is -2.09. The monoisotopic (exact) mass is 378 g/mol. The van der Waals surface area contributed by atoms with Gasteiger partial charge >= 0.3 is 31.6 Å². The second-order valence-corrected chi connectivity index (χ2v) is 7.08. The first-order valence-electron chi connectivity index (χ1n) is 5.69. The van der Waals surface area contributed by atoms with Gasteiger partial charge in [0.15, 0.2) is 4.90 Å². The molecule has 128 valence electrons. The molecule has 0 saturated heterocycles. The normalized spacial score (nSPS) is 12.2. The van der Waals surface area contributed by atoms with E-state index in [4.69, 9.17) is 0 Å². The van der Waals surface area contributed by atoms with Crippen molar-refractivity contribution in [3.05, 3.63) is 44.5 Å². The van der Waals surface area contributed by atoms with Crippen LogP contribution >= 0.6 is 0 Å². The van der Waals surface area contributed by atoms with Gasteiger partial charge in [0.05, 0.1) is 15.2 Å². The number of nitrogens with zero attached hydrogens (tertiary/aromatic N) is 2. The Bertz CT molecular complexity index is 1100. The number of benzene rings is 2. The van der Waals surface area contributed by atoms with E-state index in [1.807, 2.05) is 0 Å². The third kappa shape index (κ3) is 2.78. The Morgan fingerprint density at radius 3 is 1.54 bits per heavy atom. The van der Waals surface area contributed by atoms with Crippen molar-refractivity contribution in [2.24, 2.45) is 0 Å². The molecule has 0 radical (unpaired) electrons. The molecule has 2 aromatic rings. The molecule has 24 heavy (non-hydrogen) atoms. The lowest BCUT2D eigenvalue weighted by atomic mass is 10.1. The molecule has 0 aliphatic rings. The van der Waals surface area contributed by atoms with Crippen LogP contribution < -0.4 is 0 Å². The number of hydrogen-bond donors (Lipinski definition) is 2. The third-order valence-electron chi connectivity index (χ3n) is 2.95. The van der Waals surface area contributed by atoms with Crippen molar-refractivity contribution in [1.29, 1.82) is 0 Å². The van der Waals surface area contributed by atoms with E-state index in [0.29, 0.717) is 0 Å². The Labute approximate surface area is 133 Å².